The van der Waals surface area contributed by atoms with Gasteiger partial charge in [-0.1, -0.05) is 11.6 Å². The smallest absolute Gasteiger partial charge is 0.131 e. The highest BCUT2D eigenvalue weighted by molar-refractivity contribution is 6.31. The molecule has 0 saturated carbocycles. The predicted octanol–water partition coefficient (Wildman–Crippen LogP) is 2.89. The number of fused-ring (bicyclic) bond motifs is 1. The minimum Gasteiger partial charge on any atom is -0.358 e. The molecular formula is C15H17Cl2N5. The zero-order chi connectivity index (χ0) is 14.8. The highest BCUT2D eigenvalue weighted by atomic mass is 35.5. The molecule has 0 aliphatic carbocycles. The van der Waals surface area contributed by atoms with Crippen LogP contribution in [-0.2, 0) is 0 Å². The standard InChI is InChI=1S/C15H16ClN5.ClH/c1-20(6-4-17)15-9-14(21-7-5-18-10-21)12-3-2-11(16)8-13(12)19-15;/h2-3,5,7-10H,4,6,17H2,1H3;1H. The first-order valence-corrected chi connectivity index (χ1v) is 7.06. The fourth-order valence-electron chi connectivity index (χ4n) is 2.29. The van der Waals surface area contributed by atoms with E-state index in [0.29, 0.717) is 11.6 Å². The van der Waals surface area contributed by atoms with Crippen LogP contribution in [0.15, 0.2) is 43.0 Å². The van der Waals surface area contributed by atoms with Gasteiger partial charge in [0.15, 0.2) is 0 Å². The number of anilines is 1. The summed E-state index contributed by atoms with van der Waals surface area (Å²) in [6.07, 6.45) is 5.44. The van der Waals surface area contributed by atoms with Gasteiger partial charge in [0.05, 0.1) is 17.5 Å². The van der Waals surface area contributed by atoms with E-state index in [1.165, 1.54) is 0 Å². The molecule has 22 heavy (non-hydrogen) atoms. The van der Waals surface area contributed by atoms with E-state index in [-0.39, 0.29) is 12.4 Å². The minimum atomic E-state index is 0. The quantitative estimate of drug-likeness (QED) is 0.795. The maximum absolute atomic E-state index is 6.10. The van der Waals surface area contributed by atoms with Crippen LogP contribution in [-0.4, -0.2) is 34.7 Å². The first-order chi connectivity index (χ1) is 10.2. The van der Waals surface area contributed by atoms with Gasteiger partial charge in [-0.25, -0.2) is 9.97 Å². The fourth-order valence-corrected chi connectivity index (χ4v) is 2.45. The van der Waals surface area contributed by atoms with Crippen LogP contribution in [0.25, 0.3) is 16.6 Å². The molecule has 3 rings (SSSR count). The molecule has 0 unspecified atom stereocenters. The molecule has 0 saturated heterocycles. The Bertz CT molecular complexity index is 758. The number of nitrogens with zero attached hydrogens (tertiary/aromatic N) is 4. The Morgan fingerprint density at radius 3 is 2.82 bits per heavy atom. The van der Waals surface area contributed by atoms with E-state index in [9.17, 15) is 0 Å². The molecule has 0 aliphatic rings. The largest absolute Gasteiger partial charge is 0.358 e. The van der Waals surface area contributed by atoms with Crippen LogP contribution in [0.4, 0.5) is 5.82 Å². The van der Waals surface area contributed by atoms with E-state index < -0.39 is 0 Å². The first kappa shape index (κ1) is 16.5. The Morgan fingerprint density at radius 1 is 1.32 bits per heavy atom. The third kappa shape index (κ3) is 3.16. The fraction of sp³-hybridized carbons (Fsp3) is 0.200. The number of halogens is 2. The first-order valence-electron chi connectivity index (χ1n) is 6.69. The summed E-state index contributed by atoms with van der Waals surface area (Å²) in [5.41, 5.74) is 7.51. The van der Waals surface area contributed by atoms with Gasteiger partial charge in [0.25, 0.3) is 0 Å². The summed E-state index contributed by atoms with van der Waals surface area (Å²) < 4.78 is 1.97. The highest BCUT2D eigenvalue weighted by Gasteiger charge is 2.10. The number of hydrogen-bond acceptors (Lipinski definition) is 4. The van der Waals surface area contributed by atoms with Crippen molar-refractivity contribution < 1.29 is 0 Å². The zero-order valence-corrected chi connectivity index (χ0v) is 13.7. The number of rotatable bonds is 4. The number of hydrogen-bond donors (Lipinski definition) is 1. The number of nitrogens with two attached hydrogens (primary N) is 1. The van der Waals surface area contributed by atoms with Crippen molar-refractivity contribution in [3.05, 3.63) is 48.0 Å². The van der Waals surface area contributed by atoms with Gasteiger partial charge >= 0.3 is 0 Å². The number of aromatic nitrogens is 3. The van der Waals surface area contributed by atoms with Crippen molar-refractivity contribution in [2.45, 2.75) is 0 Å². The van der Waals surface area contributed by atoms with Gasteiger partial charge in [-0.3, -0.25) is 0 Å². The van der Waals surface area contributed by atoms with Crippen molar-refractivity contribution in [3.63, 3.8) is 0 Å². The lowest BCUT2D eigenvalue weighted by Crippen LogP contribution is -2.25. The molecule has 7 heteroatoms. The number of imidazole rings is 1. The van der Waals surface area contributed by atoms with E-state index in [1.807, 2.05) is 47.0 Å². The van der Waals surface area contributed by atoms with Crippen molar-refractivity contribution >= 4 is 40.7 Å². The summed E-state index contributed by atoms with van der Waals surface area (Å²) in [6.45, 7) is 1.31. The summed E-state index contributed by atoms with van der Waals surface area (Å²) in [5.74, 6) is 0.860. The van der Waals surface area contributed by atoms with E-state index in [1.54, 1.807) is 12.5 Å². The SMILES string of the molecule is CN(CCN)c1cc(-n2ccnc2)c2ccc(Cl)cc2n1.Cl. The molecule has 3 aromatic rings. The van der Waals surface area contributed by atoms with Crippen LogP contribution >= 0.6 is 24.0 Å². The zero-order valence-electron chi connectivity index (χ0n) is 12.1. The molecule has 0 aliphatic heterocycles. The van der Waals surface area contributed by atoms with Crippen LogP contribution in [0.2, 0.25) is 5.02 Å². The third-order valence-corrected chi connectivity index (χ3v) is 3.61. The maximum Gasteiger partial charge on any atom is 0.131 e. The summed E-state index contributed by atoms with van der Waals surface area (Å²) in [5, 5.41) is 1.70. The van der Waals surface area contributed by atoms with Gasteiger partial charge in [-0.2, -0.15) is 0 Å². The minimum absolute atomic E-state index is 0. The summed E-state index contributed by atoms with van der Waals surface area (Å²) >= 11 is 6.10. The Kier molecular flexibility index (Phi) is 5.24. The van der Waals surface area contributed by atoms with Gasteiger partial charge in [0, 0.05) is 49.0 Å². The highest BCUT2D eigenvalue weighted by Crippen LogP contribution is 2.27. The maximum atomic E-state index is 6.10. The van der Waals surface area contributed by atoms with Crippen LogP contribution in [0.1, 0.15) is 0 Å². The normalized spacial score (nSPS) is 10.5. The monoisotopic (exact) mass is 337 g/mol. The van der Waals surface area contributed by atoms with Crippen molar-refractivity contribution in [1.82, 2.24) is 14.5 Å². The van der Waals surface area contributed by atoms with Crippen LogP contribution in [0, 0.1) is 0 Å². The third-order valence-electron chi connectivity index (χ3n) is 3.37. The van der Waals surface area contributed by atoms with E-state index >= 15 is 0 Å². The second-order valence-electron chi connectivity index (χ2n) is 4.84. The Morgan fingerprint density at radius 2 is 2.14 bits per heavy atom. The van der Waals surface area contributed by atoms with Crippen molar-refractivity contribution in [2.75, 3.05) is 25.0 Å². The lowest BCUT2D eigenvalue weighted by Gasteiger charge is -2.19. The average molecular weight is 338 g/mol. The molecule has 2 aromatic heterocycles. The predicted molar refractivity (Wildman–Crippen MR) is 93.4 cm³/mol. The van der Waals surface area contributed by atoms with Gasteiger partial charge in [0.2, 0.25) is 0 Å². The summed E-state index contributed by atoms with van der Waals surface area (Å²) in [7, 11) is 1.98. The van der Waals surface area contributed by atoms with Gasteiger partial charge in [-0.05, 0) is 18.2 Å². The van der Waals surface area contributed by atoms with Crippen molar-refractivity contribution in [3.8, 4) is 5.69 Å². The summed E-state index contributed by atoms with van der Waals surface area (Å²) in [4.78, 5) is 10.8. The Hall–Kier alpha value is -1.82. The Labute approximate surface area is 140 Å². The molecule has 1 aromatic carbocycles. The Balaban J connectivity index is 0.00000176. The molecule has 0 atom stereocenters. The molecule has 116 valence electrons. The number of benzene rings is 1. The molecule has 0 bridgehead atoms. The van der Waals surface area contributed by atoms with Crippen LogP contribution in [0.3, 0.4) is 0 Å². The van der Waals surface area contributed by atoms with Gasteiger partial charge in [-0.15, -0.1) is 12.4 Å². The van der Waals surface area contributed by atoms with Gasteiger partial charge < -0.3 is 15.2 Å². The van der Waals surface area contributed by atoms with E-state index in [4.69, 9.17) is 17.3 Å². The topological polar surface area (TPSA) is 60.0 Å². The van der Waals surface area contributed by atoms with Crippen molar-refractivity contribution in [2.24, 2.45) is 5.73 Å². The molecule has 0 spiro atoms. The number of pyridine rings is 1. The van der Waals surface area contributed by atoms with Gasteiger partial charge in [0.1, 0.15) is 5.82 Å². The summed E-state index contributed by atoms with van der Waals surface area (Å²) in [6, 6.07) is 7.76. The van der Waals surface area contributed by atoms with E-state index in [2.05, 4.69) is 9.97 Å². The average Bonchev–Trinajstić information content (AvgIpc) is 3.00. The molecule has 0 radical (unpaired) electrons. The number of likely N-dealkylation sites (N-methyl/N-ethyl adjacent to an activating group) is 1. The molecular weight excluding hydrogens is 321 g/mol. The van der Waals surface area contributed by atoms with Crippen molar-refractivity contribution in [1.29, 1.82) is 0 Å². The molecule has 2 heterocycles. The molecule has 5 nitrogen and oxygen atoms in total. The lowest BCUT2D eigenvalue weighted by atomic mass is 10.1. The van der Waals surface area contributed by atoms with Crippen LogP contribution in [0.5, 0.6) is 0 Å². The lowest BCUT2D eigenvalue weighted by molar-refractivity contribution is 0.870. The van der Waals surface area contributed by atoms with E-state index in [0.717, 1.165) is 29.0 Å². The van der Waals surface area contributed by atoms with Crippen LogP contribution < -0.4 is 10.6 Å². The molecule has 0 fully saturated rings. The molecule has 0 amide bonds. The second-order valence-corrected chi connectivity index (χ2v) is 5.28. The molecule has 2 N–H and O–H groups in total. The second kappa shape index (κ2) is 6.96.